The van der Waals surface area contributed by atoms with Crippen LogP contribution in [0, 0.1) is 0 Å². The third kappa shape index (κ3) is 3.31. The van der Waals surface area contributed by atoms with Gasteiger partial charge in [-0.15, -0.1) is 5.10 Å². The van der Waals surface area contributed by atoms with E-state index in [-0.39, 0.29) is 12.0 Å². The van der Waals surface area contributed by atoms with E-state index in [0.29, 0.717) is 18.8 Å². The molecule has 1 aromatic heterocycles. The van der Waals surface area contributed by atoms with Crippen LogP contribution in [0.5, 0.6) is 0 Å². The Morgan fingerprint density at radius 1 is 1.27 bits per heavy atom. The minimum absolute atomic E-state index is 0.0208. The Hall–Kier alpha value is -2.26. The normalized spacial score (nSPS) is 12.0. The van der Waals surface area contributed by atoms with Gasteiger partial charge in [-0.2, -0.15) is 9.67 Å². The fraction of sp³-hybridized carbons (Fsp3) is 0.308. The molecule has 2 aromatic rings. The maximum absolute atomic E-state index is 12.2. The molecule has 0 aliphatic heterocycles. The summed E-state index contributed by atoms with van der Waals surface area (Å²) in [6.07, 6.45) is 1.23. The molecule has 1 atom stereocenters. The van der Waals surface area contributed by atoms with Gasteiger partial charge in [0.15, 0.2) is 0 Å². The molecule has 0 fully saturated rings. The van der Waals surface area contributed by atoms with E-state index in [9.17, 15) is 13.6 Å². The molecule has 2 rings (SSSR count). The van der Waals surface area contributed by atoms with Crippen LogP contribution >= 0.6 is 0 Å². The molecular formula is C13H17N5O3S. The van der Waals surface area contributed by atoms with Crippen molar-refractivity contribution >= 4 is 28.9 Å². The van der Waals surface area contributed by atoms with Crippen LogP contribution in [0.3, 0.4) is 0 Å². The summed E-state index contributed by atoms with van der Waals surface area (Å²) in [4.78, 5) is 17.7. The van der Waals surface area contributed by atoms with E-state index in [1.807, 2.05) is 13.8 Å². The van der Waals surface area contributed by atoms with Crippen LogP contribution < -0.4 is 4.31 Å². The lowest BCUT2D eigenvalue weighted by Gasteiger charge is -2.18. The van der Waals surface area contributed by atoms with Crippen molar-refractivity contribution in [3.8, 4) is 0 Å². The number of benzene rings is 1. The Labute approximate surface area is 130 Å². The molecule has 9 heteroatoms. The third-order valence-electron chi connectivity index (χ3n) is 3.04. The first-order valence-corrected chi connectivity index (χ1v) is 7.81. The van der Waals surface area contributed by atoms with Gasteiger partial charge in [-0.3, -0.25) is 4.55 Å². The molecule has 0 aliphatic carbocycles. The zero-order valence-electron chi connectivity index (χ0n) is 12.3. The summed E-state index contributed by atoms with van der Waals surface area (Å²) in [6, 6.07) is 8.22. The first kappa shape index (κ1) is 16.1. The van der Waals surface area contributed by atoms with Gasteiger partial charge in [-0.1, -0.05) is 18.2 Å². The van der Waals surface area contributed by atoms with Crippen LogP contribution in [0.2, 0.25) is 0 Å². The lowest BCUT2D eigenvalue weighted by atomic mass is 10.3. The molecule has 118 valence electrons. The van der Waals surface area contributed by atoms with Crippen molar-refractivity contribution in [2.75, 3.05) is 17.4 Å². The van der Waals surface area contributed by atoms with E-state index < -0.39 is 11.3 Å². The highest BCUT2D eigenvalue weighted by Crippen LogP contribution is 2.22. The largest absolute Gasteiger partial charge is 0.346 e. The number of hydrogen-bond acceptors (Lipinski definition) is 4. The number of rotatable bonds is 5. The van der Waals surface area contributed by atoms with Gasteiger partial charge in [0.1, 0.15) is 6.33 Å². The zero-order valence-corrected chi connectivity index (χ0v) is 13.1. The lowest BCUT2D eigenvalue weighted by molar-refractivity contribution is 0.201. The summed E-state index contributed by atoms with van der Waals surface area (Å²) >= 11 is -2.35. The predicted molar refractivity (Wildman–Crippen MR) is 83.1 cm³/mol. The van der Waals surface area contributed by atoms with Gasteiger partial charge in [0, 0.05) is 13.1 Å². The van der Waals surface area contributed by atoms with Crippen LogP contribution in [0.25, 0.3) is 0 Å². The molecule has 1 amide bonds. The highest BCUT2D eigenvalue weighted by Gasteiger charge is 2.21. The zero-order chi connectivity index (χ0) is 16.1. The van der Waals surface area contributed by atoms with Crippen LogP contribution in [-0.2, 0) is 11.3 Å². The van der Waals surface area contributed by atoms with E-state index in [4.69, 9.17) is 0 Å². The maximum Gasteiger partial charge on any atom is 0.346 e. The molecule has 1 aromatic carbocycles. The maximum atomic E-state index is 12.2. The minimum Gasteiger partial charge on any atom is -0.323 e. The van der Waals surface area contributed by atoms with E-state index in [1.54, 1.807) is 35.2 Å². The van der Waals surface area contributed by atoms with Crippen molar-refractivity contribution in [2.24, 2.45) is 0 Å². The van der Waals surface area contributed by atoms with Gasteiger partial charge in [0.2, 0.25) is 0 Å². The monoisotopic (exact) mass is 323 g/mol. The van der Waals surface area contributed by atoms with E-state index in [0.717, 1.165) is 8.99 Å². The molecule has 1 unspecified atom stereocenters. The number of aromatic nitrogens is 3. The average molecular weight is 323 g/mol. The molecule has 1 N–H and O–H groups in total. The Morgan fingerprint density at radius 3 is 2.45 bits per heavy atom. The summed E-state index contributed by atoms with van der Waals surface area (Å²) in [7, 11) is 0. The van der Waals surface area contributed by atoms with Crippen molar-refractivity contribution in [1.82, 2.24) is 19.7 Å². The Morgan fingerprint density at radius 2 is 1.91 bits per heavy atom. The topological polar surface area (TPSA) is 91.6 Å². The van der Waals surface area contributed by atoms with Crippen molar-refractivity contribution in [3.05, 3.63) is 36.7 Å². The van der Waals surface area contributed by atoms with Gasteiger partial charge < -0.3 is 4.90 Å². The second kappa shape index (κ2) is 7.14. The fourth-order valence-corrected chi connectivity index (χ4v) is 2.44. The molecular weight excluding hydrogens is 306 g/mol. The van der Waals surface area contributed by atoms with Gasteiger partial charge in [0.25, 0.3) is 17.2 Å². The van der Waals surface area contributed by atoms with Crippen LogP contribution in [-0.4, -0.2) is 47.5 Å². The quantitative estimate of drug-likeness (QED) is 0.848. The molecule has 0 bridgehead atoms. The van der Waals surface area contributed by atoms with Gasteiger partial charge >= 0.3 is 6.03 Å². The summed E-state index contributed by atoms with van der Waals surface area (Å²) < 4.78 is 23.2. The summed E-state index contributed by atoms with van der Waals surface area (Å²) in [5.41, 5.74) is 0.455. The number of para-hydroxylation sites is 1. The number of carbonyl (C=O) groups excluding carboxylic acids is 1. The van der Waals surface area contributed by atoms with Crippen LogP contribution in [0.1, 0.15) is 13.8 Å². The first-order chi connectivity index (χ1) is 10.6. The number of anilines is 2. The molecule has 0 radical (unpaired) electrons. The van der Waals surface area contributed by atoms with Crippen molar-refractivity contribution < 1.29 is 13.6 Å². The first-order valence-electron chi connectivity index (χ1n) is 6.75. The van der Waals surface area contributed by atoms with E-state index in [1.165, 1.54) is 6.33 Å². The standard InChI is InChI=1S/C13H17N5O3S/c1-3-16(4-2)13(19)17-10-14-12(15-17)18(22(20)21)11-8-6-5-7-9-11/h5-10H,3-4H2,1-2H3,(H,20,21). The van der Waals surface area contributed by atoms with Gasteiger partial charge in [-0.05, 0) is 26.0 Å². The smallest absolute Gasteiger partial charge is 0.323 e. The number of amides is 1. The van der Waals surface area contributed by atoms with Crippen molar-refractivity contribution in [1.29, 1.82) is 0 Å². The summed E-state index contributed by atoms with van der Waals surface area (Å²) in [6.45, 7) is 4.80. The second-order valence-electron chi connectivity index (χ2n) is 4.30. The predicted octanol–water partition coefficient (Wildman–Crippen LogP) is 1.86. The van der Waals surface area contributed by atoms with E-state index in [2.05, 4.69) is 10.1 Å². The molecule has 1 heterocycles. The van der Waals surface area contributed by atoms with Crippen LogP contribution in [0.4, 0.5) is 16.4 Å². The molecule has 0 spiro atoms. The molecule has 0 saturated carbocycles. The summed E-state index contributed by atoms with van der Waals surface area (Å²) in [5, 5.41) is 4.01. The molecule has 8 nitrogen and oxygen atoms in total. The van der Waals surface area contributed by atoms with Crippen molar-refractivity contribution in [2.45, 2.75) is 13.8 Å². The minimum atomic E-state index is -2.35. The van der Waals surface area contributed by atoms with Crippen molar-refractivity contribution in [3.63, 3.8) is 0 Å². The highest BCUT2D eigenvalue weighted by atomic mass is 32.2. The van der Waals surface area contributed by atoms with Gasteiger partial charge in [-0.25, -0.2) is 13.3 Å². The number of carbonyl (C=O) groups is 1. The molecule has 22 heavy (non-hydrogen) atoms. The molecule has 0 aliphatic rings. The number of nitrogens with zero attached hydrogens (tertiary/aromatic N) is 5. The highest BCUT2D eigenvalue weighted by molar-refractivity contribution is 7.81. The fourth-order valence-electron chi connectivity index (χ4n) is 1.92. The molecule has 0 saturated heterocycles. The SMILES string of the molecule is CCN(CC)C(=O)n1cnc(N(c2ccccc2)S(=O)O)n1. The lowest BCUT2D eigenvalue weighted by Crippen LogP contribution is -2.34. The Bertz CT molecular complexity index is 657. The van der Waals surface area contributed by atoms with E-state index >= 15 is 0 Å². The third-order valence-corrected chi connectivity index (χ3v) is 3.72. The number of hydrogen-bond donors (Lipinski definition) is 1. The average Bonchev–Trinajstić information content (AvgIpc) is 2.98. The second-order valence-corrected chi connectivity index (χ2v) is 5.13. The summed E-state index contributed by atoms with van der Waals surface area (Å²) in [5.74, 6) is -0.0208. The Balaban J connectivity index is 2.32. The Kier molecular flexibility index (Phi) is 5.23. The van der Waals surface area contributed by atoms with Crippen LogP contribution in [0.15, 0.2) is 36.7 Å². The van der Waals surface area contributed by atoms with Gasteiger partial charge in [0.05, 0.1) is 5.69 Å².